The van der Waals surface area contributed by atoms with Crippen molar-refractivity contribution in [3.05, 3.63) is 48.3 Å². The molecule has 1 aromatic heterocycles. The third-order valence-corrected chi connectivity index (χ3v) is 8.09. The molecule has 1 saturated carbocycles. The Bertz CT molecular complexity index is 808. The van der Waals surface area contributed by atoms with Crippen LogP contribution in [0.25, 0.3) is 11.1 Å². The lowest BCUT2D eigenvalue weighted by atomic mass is 9.72. The zero-order chi connectivity index (χ0) is 24.0. The predicted molar refractivity (Wildman–Crippen MR) is 147 cm³/mol. The van der Waals surface area contributed by atoms with Gasteiger partial charge in [-0.25, -0.2) is 0 Å². The zero-order valence-corrected chi connectivity index (χ0v) is 22.2. The summed E-state index contributed by atoms with van der Waals surface area (Å²) in [5, 5.41) is 0. The maximum Gasteiger partial charge on any atom is 0.127 e. The van der Waals surface area contributed by atoms with E-state index in [0.29, 0.717) is 5.92 Å². The second kappa shape index (κ2) is 15.2. The van der Waals surface area contributed by atoms with Crippen LogP contribution in [0, 0.1) is 11.8 Å². The van der Waals surface area contributed by atoms with E-state index in [-0.39, 0.29) is 0 Å². The molecule has 0 saturated heterocycles. The smallest absolute Gasteiger partial charge is 0.127 e. The van der Waals surface area contributed by atoms with Gasteiger partial charge in [-0.15, -0.1) is 0 Å². The highest BCUT2D eigenvalue weighted by Crippen LogP contribution is 2.43. The summed E-state index contributed by atoms with van der Waals surface area (Å²) in [6.45, 7) is 7.82. The Labute approximate surface area is 209 Å². The lowest BCUT2D eigenvalue weighted by Crippen LogP contribution is -2.19. The van der Waals surface area contributed by atoms with E-state index in [1.54, 1.807) is 0 Å². The molecule has 3 rings (SSSR count). The first kappa shape index (κ1) is 26.8. The normalized spacial score (nSPS) is 19.1. The van der Waals surface area contributed by atoms with Gasteiger partial charge in [0.2, 0.25) is 0 Å². The third kappa shape index (κ3) is 8.14. The molecular formula is C32H49NO. The number of pyridine rings is 1. The number of para-hydroxylation sites is 1. The minimum Gasteiger partial charge on any atom is -0.493 e. The van der Waals surface area contributed by atoms with Gasteiger partial charge in [0.15, 0.2) is 0 Å². The van der Waals surface area contributed by atoms with E-state index in [2.05, 4.69) is 62.3 Å². The van der Waals surface area contributed by atoms with Crippen LogP contribution < -0.4 is 4.74 Å². The van der Waals surface area contributed by atoms with Gasteiger partial charge < -0.3 is 4.74 Å². The summed E-state index contributed by atoms with van der Waals surface area (Å²) in [7, 11) is 0. The fraction of sp³-hybridized carbons (Fsp3) is 0.656. The molecule has 1 aromatic carbocycles. The first-order valence-electron chi connectivity index (χ1n) is 14.4. The molecule has 2 heteroatoms. The maximum absolute atomic E-state index is 6.32. The van der Waals surface area contributed by atoms with Gasteiger partial charge in [-0.3, -0.25) is 4.98 Å². The third-order valence-electron chi connectivity index (χ3n) is 8.09. The van der Waals surface area contributed by atoms with Gasteiger partial charge in [0.25, 0.3) is 0 Å². The molecule has 0 amide bonds. The monoisotopic (exact) mass is 463 g/mol. The molecule has 0 aliphatic heterocycles. The van der Waals surface area contributed by atoms with E-state index < -0.39 is 0 Å². The lowest BCUT2D eigenvalue weighted by Gasteiger charge is -2.33. The van der Waals surface area contributed by atoms with E-state index in [1.165, 1.54) is 100 Å². The van der Waals surface area contributed by atoms with Gasteiger partial charge in [0, 0.05) is 18.0 Å². The Kier molecular flexibility index (Phi) is 12.0. The Morgan fingerprint density at radius 2 is 1.53 bits per heavy atom. The molecule has 34 heavy (non-hydrogen) atoms. The van der Waals surface area contributed by atoms with E-state index in [4.69, 9.17) is 4.74 Å². The van der Waals surface area contributed by atoms with Crippen LogP contribution in [0.1, 0.15) is 122 Å². The molecule has 0 N–H and O–H groups in total. The van der Waals surface area contributed by atoms with Crippen LogP contribution in [-0.4, -0.2) is 11.6 Å². The molecule has 1 aliphatic carbocycles. The molecule has 1 atom stereocenters. The van der Waals surface area contributed by atoms with Crippen molar-refractivity contribution in [1.82, 2.24) is 4.98 Å². The number of ether oxygens (including phenoxy) is 1. The van der Waals surface area contributed by atoms with Crippen LogP contribution in [-0.2, 0) is 0 Å². The van der Waals surface area contributed by atoms with Crippen LogP contribution in [0.2, 0.25) is 0 Å². The summed E-state index contributed by atoms with van der Waals surface area (Å²) in [4.78, 5) is 4.55. The topological polar surface area (TPSA) is 22.1 Å². The zero-order valence-electron chi connectivity index (χ0n) is 22.2. The minimum atomic E-state index is 0.534. The van der Waals surface area contributed by atoms with Crippen LogP contribution in [0.4, 0.5) is 0 Å². The standard InChI is InChI=1S/C32H49NO/c1-4-6-8-9-10-14-24-34-32-17-13-12-16-30(32)29-22-23-33-25-31(29)26(3)28-20-18-27(19-21-28)15-11-7-5-2/h12-13,16-17,22-23,25-28H,4-11,14-15,18-21,24H2,1-3H3. The van der Waals surface area contributed by atoms with Gasteiger partial charge in [0.1, 0.15) is 5.75 Å². The average molecular weight is 464 g/mol. The van der Waals surface area contributed by atoms with Crippen molar-refractivity contribution < 1.29 is 4.74 Å². The van der Waals surface area contributed by atoms with Crippen LogP contribution in [0.5, 0.6) is 5.75 Å². The van der Waals surface area contributed by atoms with E-state index in [1.807, 2.05) is 6.20 Å². The molecule has 1 heterocycles. The lowest BCUT2D eigenvalue weighted by molar-refractivity contribution is 0.236. The van der Waals surface area contributed by atoms with Crippen molar-refractivity contribution in [3.8, 4) is 16.9 Å². The molecule has 0 bridgehead atoms. The molecule has 1 fully saturated rings. The average Bonchev–Trinajstić information content (AvgIpc) is 2.88. The molecule has 188 valence electrons. The molecule has 2 aromatic rings. The number of hydrogen-bond donors (Lipinski definition) is 0. The van der Waals surface area contributed by atoms with Gasteiger partial charge in [-0.2, -0.15) is 0 Å². The number of hydrogen-bond acceptors (Lipinski definition) is 2. The quantitative estimate of drug-likeness (QED) is 0.245. The molecule has 1 unspecified atom stereocenters. The van der Waals surface area contributed by atoms with Crippen LogP contribution in [0.3, 0.4) is 0 Å². The molecule has 0 radical (unpaired) electrons. The predicted octanol–water partition coefficient (Wildman–Crippen LogP) is 9.98. The van der Waals surface area contributed by atoms with E-state index in [0.717, 1.165) is 30.6 Å². The van der Waals surface area contributed by atoms with Crippen molar-refractivity contribution >= 4 is 0 Å². The SMILES string of the molecule is CCCCCCCCOc1ccccc1-c1ccncc1C(C)C1CCC(CCCCC)CC1. The van der Waals surface area contributed by atoms with Gasteiger partial charge in [-0.05, 0) is 60.3 Å². The van der Waals surface area contributed by atoms with Crippen molar-refractivity contribution in [3.63, 3.8) is 0 Å². The highest BCUT2D eigenvalue weighted by atomic mass is 16.5. The summed E-state index contributed by atoms with van der Waals surface area (Å²) >= 11 is 0. The van der Waals surface area contributed by atoms with Crippen molar-refractivity contribution in [2.45, 2.75) is 117 Å². The Morgan fingerprint density at radius 3 is 2.32 bits per heavy atom. The largest absolute Gasteiger partial charge is 0.493 e. The molecule has 1 aliphatic rings. The number of aromatic nitrogens is 1. The first-order chi connectivity index (χ1) is 16.7. The van der Waals surface area contributed by atoms with Crippen molar-refractivity contribution in [2.24, 2.45) is 11.8 Å². The van der Waals surface area contributed by atoms with Crippen molar-refractivity contribution in [1.29, 1.82) is 0 Å². The minimum absolute atomic E-state index is 0.534. The van der Waals surface area contributed by atoms with Crippen LogP contribution in [0.15, 0.2) is 42.7 Å². The fourth-order valence-corrected chi connectivity index (χ4v) is 5.81. The molecule has 2 nitrogen and oxygen atoms in total. The summed E-state index contributed by atoms with van der Waals surface area (Å²) in [5.41, 5.74) is 3.93. The Balaban J connectivity index is 1.62. The molecular weight excluding hydrogens is 414 g/mol. The number of benzene rings is 1. The summed E-state index contributed by atoms with van der Waals surface area (Å²) < 4.78 is 6.32. The summed E-state index contributed by atoms with van der Waals surface area (Å²) in [6, 6.07) is 10.8. The van der Waals surface area contributed by atoms with Crippen molar-refractivity contribution in [2.75, 3.05) is 6.61 Å². The van der Waals surface area contributed by atoms with Crippen LogP contribution >= 0.6 is 0 Å². The summed E-state index contributed by atoms with van der Waals surface area (Å²) in [6.07, 6.45) is 22.9. The maximum atomic E-state index is 6.32. The second-order valence-corrected chi connectivity index (χ2v) is 10.6. The first-order valence-corrected chi connectivity index (χ1v) is 14.4. The van der Waals surface area contributed by atoms with Gasteiger partial charge in [0.05, 0.1) is 6.61 Å². The van der Waals surface area contributed by atoms with E-state index >= 15 is 0 Å². The number of rotatable bonds is 15. The van der Waals surface area contributed by atoms with Gasteiger partial charge in [-0.1, -0.05) is 110 Å². The highest BCUT2D eigenvalue weighted by Gasteiger charge is 2.27. The second-order valence-electron chi connectivity index (χ2n) is 10.6. The van der Waals surface area contributed by atoms with E-state index in [9.17, 15) is 0 Å². The molecule has 0 spiro atoms. The number of nitrogens with zero attached hydrogens (tertiary/aromatic N) is 1. The highest BCUT2D eigenvalue weighted by molar-refractivity contribution is 5.73. The van der Waals surface area contributed by atoms with Gasteiger partial charge >= 0.3 is 0 Å². The Hall–Kier alpha value is -1.83. The summed E-state index contributed by atoms with van der Waals surface area (Å²) in [5.74, 6) is 3.28. The number of unbranched alkanes of at least 4 members (excludes halogenated alkanes) is 7. The fourth-order valence-electron chi connectivity index (χ4n) is 5.81. The Morgan fingerprint density at radius 1 is 0.824 bits per heavy atom.